The number of aliphatic hydroxyl groups excluding tert-OH is 3. The lowest BCUT2D eigenvalue weighted by molar-refractivity contribution is -0.208. The molecule has 6 rings (SSSR count). The van der Waals surface area contributed by atoms with E-state index in [0.717, 1.165) is 0 Å². The Balaban J connectivity index is 1.71. The maximum atomic E-state index is 13.3. The molecule has 0 amide bonds. The van der Waals surface area contributed by atoms with E-state index in [4.69, 9.17) is 18.9 Å². The summed E-state index contributed by atoms with van der Waals surface area (Å²) in [4.78, 5) is 38.2. The number of ether oxygens (including phenoxy) is 4. The Morgan fingerprint density at radius 2 is 1.63 bits per heavy atom. The smallest absolute Gasteiger partial charge is 0.340 e. The molecule has 10 nitrogen and oxygen atoms in total. The molecule has 2 aliphatic carbocycles. The number of fused-ring (bicyclic) bond motifs is 1. The molecule has 12 atom stereocenters. The Kier molecular flexibility index (Phi) is 3.06. The Morgan fingerprint density at radius 1 is 0.967 bits per heavy atom. The van der Waals surface area contributed by atoms with Crippen molar-refractivity contribution >= 4 is 17.9 Å². The third-order valence-corrected chi connectivity index (χ3v) is 8.76. The van der Waals surface area contributed by atoms with Crippen LogP contribution in [0.3, 0.4) is 0 Å². The van der Waals surface area contributed by atoms with E-state index >= 15 is 0 Å². The zero-order chi connectivity index (χ0) is 21.8. The number of hydrogen-bond donors (Lipinski definition) is 3. The SMILES string of the molecule is C[C@@H]1C(=O)O[C@H]2C(O)C34[C@H]5OC(=O)[C@@]3(O[C@@H]3OC(=O)C(O)C34C(C(C)(C)C)[C@H]5O)[C@@H]12. The van der Waals surface area contributed by atoms with E-state index in [-0.39, 0.29) is 0 Å². The Bertz CT molecular complexity index is 910. The lowest BCUT2D eigenvalue weighted by atomic mass is 9.51. The molecule has 2 saturated carbocycles. The molecule has 2 spiro atoms. The monoisotopic (exact) mass is 424 g/mol. The zero-order valence-corrected chi connectivity index (χ0v) is 16.9. The van der Waals surface area contributed by atoms with Gasteiger partial charge >= 0.3 is 17.9 Å². The van der Waals surface area contributed by atoms with Crippen LogP contribution in [0.2, 0.25) is 0 Å². The largest absolute Gasteiger partial charge is 0.459 e. The molecule has 4 saturated heterocycles. The summed E-state index contributed by atoms with van der Waals surface area (Å²) >= 11 is 0. The molecule has 0 aromatic rings. The van der Waals surface area contributed by atoms with Crippen LogP contribution in [0.5, 0.6) is 0 Å². The van der Waals surface area contributed by atoms with Crippen molar-refractivity contribution in [1.82, 2.24) is 0 Å². The van der Waals surface area contributed by atoms with Crippen LogP contribution >= 0.6 is 0 Å². The average molecular weight is 424 g/mol. The predicted octanol–water partition coefficient (Wildman–Crippen LogP) is -1.51. The minimum atomic E-state index is -1.89. The minimum Gasteiger partial charge on any atom is -0.459 e. The second-order valence-corrected chi connectivity index (χ2v) is 10.6. The first-order valence-electron chi connectivity index (χ1n) is 10.2. The van der Waals surface area contributed by atoms with E-state index < -0.39 is 94.3 Å². The molecule has 10 heteroatoms. The summed E-state index contributed by atoms with van der Waals surface area (Å²) in [6.07, 6.45) is -8.29. The Hall–Kier alpha value is -1.75. The van der Waals surface area contributed by atoms with E-state index in [0.29, 0.717) is 0 Å². The van der Waals surface area contributed by atoms with Gasteiger partial charge in [-0.15, -0.1) is 0 Å². The highest BCUT2D eigenvalue weighted by molar-refractivity contribution is 5.92. The lowest BCUT2D eigenvalue weighted by Gasteiger charge is -2.47. The highest BCUT2D eigenvalue weighted by Crippen LogP contribution is 2.83. The number of carbonyl (C=O) groups excluding carboxylic acids is 3. The third kappa shape index (κ3) is 1.40. The number of esters is 3. The van der Waals surface area contributed by atoms with Gasteiger partial charge in [0, 0.05) is 5.92 Å². The summed E-state index contributed by atoms with van der Waals surface area (Å²) in [6, 6.07) is 0. The molecule has 0 radical (unpaired) electrons. The molecule has 30 heavy (non-hydrogen) atoms. The van der Waals surface area contributed by atoms with E-state index in [2.05, 4.69) is 0 Å². The topological polar surface area (TPSA) is 149 Å². The van der Waals surface area contributed by atoms with Crippen LogP contribution in [0.1, 0.15) is 27.7 Å². The fourth-order valence-corrected chi connectivity index (χ4v) is 8.28. The molecule has 5 unspecified atom stereocenters. The van der Waals surface area contributed by atoms with Crippen molar-refractivity contribution in [3.05, 3.63) is 0 Å². The number of rotatable bonds is 0. The zero-order valence-electron chi connectivity index (χ0n) is 16.9. The molecular formula is C20H24O10. The average Bonchev–Trinajstić information content (AvgIpc) is 3.34. The molecule has 3 N–H and O–H groups in total. The van der Waals surface area contributed by atoms with Gasteiger partial charge in [0.15, 0.2) is 11.7 Å². The van der Waals surface area contributed by atoms with Crippen LogP contribution in [0.15, 0.2) is 0 Å². The molecule has 6 aliphatic rings. The van der Waals surface area contributed by atoms with Crippen LogP contribution < -0.4 is 0 Å². The van der Waals surface area contributed by atoms with E-state index in [9.17, 15) is 29.7 Å². The highest BCUT2D eigenvalue weighted by atomic mass is 16.7. The van der Waals surface area contributed by atoms with Crippen LogP contribution in [0.4, 0.5) is 0 Å². The summed E-state index contributed by atoms with van der Waals surface area (Å²) in [6.45, 7) is 7.05. The predicted molar refractivity (Wildman–Crippen MR) is 91.9 cm³/mol. The van der Waals surface area contributed by atoms with Crippen LogP contribution in [0.25, 0.3) is 0 Å². The normalized spacial score (nSPS) is 60.1. The van der Waals surface area contributed by atoms with Gasteiger partial charge in [-0.1, -0.05) is 27.7 Å². The van der Waals surface area contributed by atoms with Gasteiger partial charge in [-0.05, 0) is 5.41 Å². The Labute approximate surface area is 171 Å². The van der Waals surface area contributed by atoms with Crippen LogP contribution in [-0.2, 0) is 33.3 Å². The van der Waals surface area contributed by atoms with Crippen molar-refractivity contribution < 1.29 is 48.7 Å². The van der Waals surface area contributed by atoms with Crippen molar-refractivity contribution in [2.45, 2.75) is 70.1 Å². The number of carbonyl (C=O) groups is 3. The molecule has 6 fully saturated rings. The van der Waals surface area contributed by atoms with Crippen molar-refractivity contribution in [1.29, 1.82) is 0 Å². The second kappa shape index (κ2) is 4.85. The minimum absolute atomic E-state index is 0.581. The van der Waals surface area contributed by atoms with Crippen LogP contribution in [-0.4, -0.2) is 75.6 Å². The van der Waals surface area contributed by atoms with Gasteiger partial charge in [0.2, 0.25) is 6.29 Å². The first-order valence-corrected chi connectivity index (χ1v) is 10.2. The first kappa shape index (κ1) is 19.0. The number of hydrogen-bond acceptors (Lipinski definition) is 10. The van der Waals surface area contributed by atoms with Crippen molar-refractivity contribution in [3.8, 4) is 0 Å². The van der Waals surface area contributed by atoms with E-state index in [1.54, 1.807) is 6.92 Å². The van der Waals surface area contributed by atoms with E-state index in [1.807, 2.05) is 20.8 Å². The summed E-state index contributed by atoms with van der Waals surface area (Å²) in [5.74, 6) is -4.90. The first-order chi connectivity index (χ1) is 13.9. The Morgan fingerprint density at radius 3 is 2.27 bits per heavy atom. The molecule has 0 bridgehead atoms. The lowest BCUT2D eigenvalue weighted by Crippen LogP contribution is -2.63. The van der Waals surface area contributed by atoms with Crippen molar-refractivity contribution in [3.63, 3.8) is 0 Å². The van der Waals surface area contributed by atoms with Gasteiger partial charge < -0.3 is 34.3 Å². The standard InChI is InChI=1S/C20H24O10/c1-5-6-8(27-13(5)24)10(22)19-12-7(21)9(17(2,3)4)18(19)11(23)14(25)29-16(18)30-20(6,19)15(26)28-12/h5-12,16,21-23H,1-4H3/t5-,6-,7+,8+,9?,10?,11?,12-,16-,18?,19?,20-/m0/s1. The maximum absolute atomic E-state index is 13.3. The fraction of sp³-hybridized carbons (Fsp3) is 0.850. The highest BCUT2D eigenvalue weighted by Gasteiger charge is 3.01. The third-order valence-electron chi connectivity index (χ3n) is 8.76. The molecule has 4 aliphatic heterocycles. The van der Waals surface area contributed by atoms with Gasteiger partial charge in [0.1, 0.15) is 18.3 Å². The van der Waals surface area contributed by atoms with Gasteiger partial charge in [-0.25, -0.2) is 9.59 Å². The van der Waals surface area contributed by atoms with Crippen molar-refractivity contribution in [2.75, 3.05) is 0 Å². The van der Waals surface area contributed by atoms with Gasteiger partial charge in [-0.3, -0.25) is 4.79 Å². The van der Waals surface area contributed by atoms with E-state index in [1.165, 1.54) is 0 Å². The molecule has 0 aromatic carbocycles. The molecular weight excluding hydrogens is 400 g/mol. The van der Waals surface area contributed by atoms with Gasteiger partial charge in [-0.2, -0.15) is 0 Å². The second-order valence-electron chi connectivity index (χ2n) is 10.6. The van der Waals surface area contributed by atoms with Crippen molar-refractivity contribution in [2.24, 2.45) is 34.0 Å². The molecule has 4 heterocycles. The molecule has 0 aromatic heterocycles. The molecule has 164 valence electrons. The van der Waals surface area contributed by atoms with Crippen LogP contribution in [0, 0.1) is 34.0 Å². The summed E-state index contributed by atoms with van der Waals surface area (Å²) in [7, 11) is 0. The summed E-state index contributed by atoms with van der Waals surface area (Å²) < 4.78 is 22.7. The maximum Gasteiger partial charge on any atom is 0.340 e. The van der Waals surface area contributed by atoms with Gasteiger partial charge in [0.05, 0.1) is 28.8 Å². The number of aliphatic hydroxyl groups is 3. The fourth-order valence-electron chi connectivity index (χ4n) is 8.28. The summed E-state index contributed by atoms with van der Waals surface area (Å²) in [5.41, 5.74) is -5.96. The summed E-state index contributed by atoms with van der Waals surface area (Å²) in [5, 5.41) is 34.2. The van der Waals surface area contributed by atoms with Gasteiger partial charge in [0.25, 0.3) is 0 Å². The quantitative estimate of drug-likeness (QED) is 0.309.